The van der Waals surface area contributed by atoms with E-state index in [1.54, 1.807) is 25.1 Å². The van der Waals surface area contributed by atoms with Gasteiger partial charge in [-0.05, 0) is 47.8 Å². The van der Waals surface area contributed by atoms with Gasteiger partial charge < -0.3 is 15.8 Å². The average molecular weight is 341 g/mol. The van der Waals surface area contributed by atoms with E-state index in [1.165, 1.54) is 19.3 Å². The van der Waals surface area contributed by atoms with Crippen LogP contribution in [0.3, 0.4) is 0 Å². The van der Waals surface area contributed by atoms with E-state index in [0.717, 1.165) is 12.8 Å². The molecule has 0 aliphatic heterocycles. The molecule has 1 saturated carbocycles. The van der Waals surface area contributed by atoms with E-state index in [9.17, 15) is 4.79 Å². The number of benzene rings is 1. The van der Waals surface area contributed by atoms with Crippen LogP contribution in [-0.4, -0.2) is 18.1 Å². The van der Waals surface area contributed by atoms with Crippen molar-refractivity contribution in [2.24, 2.45) is 0 Å². The van der Waals surface area contributed by atoms with Gasteiger partial charge in [-0.3, -0.25) is 4.79 Å². The minimum absolute atomic E-state index is 0.0637. The van der Waals surface area contributed by atoms with Crippen LogP contribution < -0.4 is 15.8 Å². The van der Waals surface area contributed by atoms with Gasteiger partial charge >= 0.3 is 0 Å². The van der Waals surface area contributed by atoms with Crippen molar-refractivity contribution in [3.05, 3.63) is 22.7 Å². The number of carbonyl (C=O) groups is 1. The Bertz CT molecular complexity index is 473. The summed E-state index contributed by atoms with van der Waals surface area (Å²) in [5.74, 6) is 0.530. The quantitative estimate of drug-likeness (QED) is 0.827. The van der Waals surface area contributed by atoms with Gasteiger partial charge in [0, 0.05) is 11.7 Å². The summed E-state index contributed by atoms with van der Waals surface area (Å²) in [5, 5.41) is 3.06. The maximum absolute atomic E-state index is 12.1. The molecular formula is C15H21BrN2O2. The van der Waals surface area contributed by atoms with Crippen LogP contribution >= 0.6 is 15.9 Å². The summed E-state index contributed by atoms with van der Waals surface area (Å²) in [6.45, 7) is 1.76. The number of rotatable bonds is 4. The Morgan fingerprint density at radius 1 is 1.40 bits per heavy atom. The van der Waals surface area contributed by atoms with E-state index in [2.05, 4.69) is 21.2 Å². The number of hydrogen-bond donors (Lipinski definition) is 2. The third-order valence-electron chi connectivity index (χ3n) is 3.62. The van der Waals surface area contributed by atoms with Crippen molar-refractivity contribution in [2.75, 3.05) is 5.73 Å². The zero-order valence-electron chi connectivity index (χ0n) is 11.7. The molecule has 1 amide bonds. The predicted octanol–water partition coefficient (Wildman–Crippen LogP) is 3.25. The van der Waals surface area contributed by atoms with E-state index in [1.807, 2.05) is 0 Å². The van der Waals surface area contributed by atoms with E-state index >= 15 is 0 Å². The summed E-state index contributed by atoms with van der Waals surface area (Å²) < 4.78 is 6.38. The highest BCUT2D eigenvalue weighted by atomic mass is 79.9. The molecule has 1 aromatic rings. The summed E-state index contributed by atoms with van der Waals surface area (Å²) in [7, 11) is 0. The molecule has 3 N–H and O–H groups in total. The Morgan fingerprint density at radius 3 is 2.80 bits per heavy atom. The molecule has 1 fully saturated rings. The first-order chi connectivity index (χ1) is 9.58. The minimum atomic E-state index is -0.532. The molecule has 1 aromatic carbocycles. The van der Waals surface area contributed by atoms with Crippen molar-refractivity contribution in [1.29, 1.82) is 0 Å². The summed E-state index contributed by atoms with van der Waals surface area (Å²) in [6.07, 6.45) is 5.27. The van der Waals surface area contributed by atoms with Gasteiger partial charge in [-0.25, -0.2) is 0 Å². The zero-order valence-corrected chi connectivity index (χ0v) is 13.3. The molecule has 1 aliphatic rings. The van der Waals surface area contributed by atoms with Gasteiger partial charge in [0.2, 0.25) is 0 Å². The fraction of sp³-hybridized carbons (Fsp3) is 0.533. The first kappa shape index (κ1) is 15.2. The van der Waals surface area contributed by atoms with E-state index in [0.29, 0.717) is 22.0 Å². The number of nitrogens with one attached hydrogen (secondary N) is 1. The Hall–Kier alpha value is -1.23. The van der Waals surface area contributed by atoms with Crippen LogP contribution in [0.1, 0.15) is 39.0 Å². The van der Waals surface area contributed by atoms with Gasteiger partial charge in [-0.1, -0.05) is 25.3 Å². The van der Waals surface area contributed by atoms with Crippen molar-refractivity contribution in [3.63, 3.8) is 0 Å². The topological polar surface area (TPSA) is 64.3 Å². The number of nitrogen functional groups attached to an aromatic ring is 1. The smallest absolute Gasteiger partial charge is 0.260 e. The van der Waals surface area contributed by atoms with Crippen LogP contribution in [0.15, 0.2) is 22.7 Å². The molecule has 0 heterocycles. The van der Waals surface area contributed by atoms with Gasteiger partial charge in [0.25, 0.3) is 5.91 Å². The highest BCUT2D eigenvalue weighted by Gasteiger charge is 2.21. The summed E-state index contributed by atoms with van der Waals surface area (Å²) in [6, 6.07) is 5.68. The molecule has 0 saturated heterocycles. The molecule has 1 aliphatic carbocycles. The highest BCUT2D eigenvalue weighted by Crippen LogP contribution is 2.31. The second kappa shape index (κ2) is 6.97. The van der Waals surface area contributed by atoms with Crippen molar-refractivity contribution in [1.82, 2.24) is 5.32 Å². The second-order valence-corrected chi connectivity index (χ2v) is 6.06. The molecule has 0 bridgehead atoms. The Kier molecular flexibility index (Phi) is 5.29. The first-order valence-electron chi connectivity index (χ1n) is 7.09. The molecule has 4 nitrogen and oxygen atoms in total. The molecule has 1 unspecified atom stereocenters. The first-order valence-corrected chi connectivity index (χ1v) is 7.88. The molecule has 1 atom stereocenters. The molecule has 0 radical (unpaired) electrons. The lowest BCUT2D eigenvalue weighted by atomic mass is 9.95. The van der Waals surface area contributed by atoms with Crippen LogP contribution in [0.5, 0.6) is 5.75 Å². The normalized spacial score (nSPS) is 17.5. The Morgan fingerprint density at radius 2 is 2.10 bits per heavy atom. The van der Waals surface area contributed by atoms with Gasteiger partial charge in [0.05, 0.1) is 4.47 Å². The minimum Gasteiger partial charge on any atom is -0.480 e. The molecule has 0 aromatic heterocycles. The van der Waals surface area contributed by atoms with E-state index < -0.39 is 6.10 Å². The van der Waals surface area contributed by atoms with Crippen LogP contribution in [0.25, 0.3) is 0 Å². The van der Waals surface area contributed by atoms with Gasteiger partial charge in [0.1, 0.15) is 5.75 Å². The van der Waals surface area contributed by atoms with Crippen molar-refractivity contribution in [3.8, 4) is 5.75 Å². The predicted molar refractivity (Wildman–Crippen MR) is 83.7 cm³/mol. The summed E-state index contributed by atoms with van der Waals surface area (Å²) in [4.78, 5) is 12.1. The van der Waals surface area contributed by atoms with Gasteiger partial charge in [0.15, 0.2) is 6.10 Å². The molecular weight excluding hydrogens is 320 g/mol. The monoisotopic (exact) mass is 340 g/mol. The molecule has 5 heteroatoms. The number of anilines is 1. The van der Waals surface area contributed by atoms with Crippen LogP contribution in [0.2, 0.25) is 0 Å². The van der Waals surface area contributed by atoms with Crippen molar-refractivity contribution >= 4 is 27.5 Å². The lowest BCUT2D eigenvalue weighted by molar-refractivity contribution is -0.128. The summed E-state index contributed by atoms with van der Waals surface area (Å²) >= 11 is 3.37. The zero-order chi connectivity index (χ0) is 14.5. The number of carbonyl (C=O) groups excluding carboxylic acids is 1. The third-order valence-corrected chi connectivity index (χ3v) is 4.47. The van der Waals surface area contributed by atoms with Crippen LogP contribution in [0, 0.1) is 0 Å². The number of nitrogens with two attached hydrogens (primary N) is 1. The maximum atomic E-state index is 12.1. The van der Waals surface area contributed by atoms with Crippen molar-refractivity contribution in [2.45, 2.75) is 51.2 Å². The van der Waals surface area contributed by atoms with Gasteiger partial charge in [-0.2, -0.15) is 0 Å². The number of halogens is 1. The standard InChI is InChI=1S/C15H21BrN2O2/c1-10(15(19)18-11-6-3-2-4-7-11)20-13-9-5-8-12(17)14(13)16/h5,8-11H,2-4,6-7,17H2,1H3,(H,18,19). The lowest BCUT2D eigenvalue weighted by Crippen LogP contribution is -2.43. The number of amides is 1. The fourth-order valence-corrected chi connectivity index (χ4v) is 2.79. The highest BCUT2D eigenvalue weighted by molar-refractivity contribution is 9.10. The van der Waals surface area contributed by atoms with Crippen molar-refractivity contribution < 1.29 is 9.53 Å². The molecule has 110 valence electrons. The molecule has 0 spiro atoms. The second-order valence-electron chi connectivity index (χ2n) is 5.26. The Balaban J connectivity index is 1.91. The average Bonchev–Trinajstić information content (AvgIpc) is 2.45. The number of hydrogen-bond acceptors (Lipinski definition) is 3. The molecule has 2 rings (SSSR count). The third kappa shape index (κ3) is 3.88. The van der Waals surface area contributed by atoms with E-state index in [-0.39, 0.29) is 5.91 Å². The van der Waals surface area contributed by atoms with Crippen LogP contribution in [0.4, 0.5) is 5.69 Å². The fourth-order valence-electron chi connectivity index (χ4n) is 2.43. The maximum Gasteiger partial charge on any atom is 0.260 e. The molecule has 20 heavy (non-hydrogen) atoms. The lowest BCUT2D eigenvalue weighted by Gasteiger charge is -2.25. The SMILES string of the molecule is CC(Oc1cccc(N)c1Br)C(=O)NC1CCCCC1. The number of ether oxygens (including phenoxy) is 1. The Labute approximate surface area is 128 Å². The largest absolute Gasteiger partial charge is 0.480 e. The van der Waals surface area contributed by atoms with E-state index in [4.69, 9.17) is 10.5 Å². The summed E-state index contributed by atoms with van der Waals surface area (Å²) in [5.41, 5.74) is 6.39. The van der Waals surface area contributed by atoms with Gasteiger partial charge in [-0.15, -0.1) is 0 Å². The van der Waals surface area contributed by atoms with Crippen LogP contribution in [-0.2, 0) is 4.79 Å².